The van der Waals surface area contributed by atoms with E-state index in [0.29, 0.717) is 15.9 Å². The van der Waals surface area contributed by atoms with Gasteiger partial charge in [0.15, 0.2) is 6.10 Å². The lowest BCUT2D eigenvalue weighted by Crippen LogP contribution is -2.31. The second-order valence-electron chi connectivity index (χ2n) is 5.37. The van der Waals surface area contributed by atoms with Gasteiger partial charge in [0.1, 0.15) is 11.6 Å². The van der Waals surface area contributed by atoms with E-state index >= 15 is 0 Å². The fourth-order valence-corrected chi connectivity index (χ4v) is 2.70. The minimum Gasteiger partial charge on any atom is -0.480 e. The van der Waals surface area contributed by atoms with Crippen molar-refractivity contribution in [1.29, 1.82) is 0 Å². The maximum Gasteiger partial charge on any atom is 0.265 e. The van der Waals surface area contributed by atoms with E-state index in [1.54, 1.807) is 6.92 Å². The highest BCUT2D eigenvalue weighted by Gasteiger charge is 2.18. The van der Waals surface area contributed by atoms with Crippen molar-refractivity contribution in [2.75, 3.05) is 5.32 Å². The van der Waals surface area contributed by atoms with Crippen LogP contribution in [0.25, 0.3) is 0 Å². The number of amides is 1. The Morgan fingerprint density at radius 3 is 2.61 bits per heavy atom. The third kappa shape index (κ3) is 4.28. The van der Waals surface area contributed by atoms with Crippen LogP contribution in [0.4, 0.5) is 10.1 Å². The van der Waals surface area contributed by atoms with Gasteiger partial charge in [-0.25, -0.2) is 4.39 Å². The minimum absolute atomic E-state index is 0.293. The van der Waals surface area contributed by atoms with Gasteiger partial charge in [-0.05, 0) is 73.5 Å². The van der Waals surface area contributed by atoms with Gasteiger partial charge in [0.05, 0.1) is 15.9 Å². The molecule has 6 heteroatoms. The molecule has 0 aliphatic carbocycles. The van der Waals surface area contributed by atoms with E-state index < -0.39 is 6.10 Å². The Kier molecular flexibility index (Phi) is 5.36. The second kappa shape index (κ2) is 7.08. The number of anilines is 1. The zero-order chi connectivity index (χ0) is 17.1. The van der Waals surface area contributed by atoms with E-state index in [9.17, 15) is 9.18 Å². The topological polar surface area (TPSA) is 51.2 Å². The van der Waals surface area contributed by atoms with Crippen LogP contribution in [-0.4, -0.2) is 17.0 Å². The van der Waals surface area contributed by atoms with Gasteiger partial charge in [-0.15, -0.1) is 0 Å². The summed E-state index contributed by atoms with van der Waals surface area (Å²) in [6, 6.07) is 5.96. The Morgan fingerprint density at radius 1 is 1.30 bits per heavy atom. The summed E-state index contributed by atoms with van der Waals surface area (Å²) in [5.41, 5.74) is 3.29. The highest BCUT2D eigenvalue weighted by molar-refractivity contribution is 9.10. The smallest absolute Gasteiger partial charge is 0.265 e. The predicted octanol–water partition coefficient (Wildman–Crippen LogP) is 4.31. The van der Waals surface area contributed by atoms with Crippen molar-refractivity contribution in [2.45, 2.75) is 33.8 Å². The van der Waals surface area contributed by atoms with Crippen molar-refractivity contribution in [3.05, 3.63) is 51.5 Å². The van der Waals surface area contributed by atoms with Crippen LogP contribution in [0.5, 0.6) is 5.75 Å². The van der Waals surface area contributed by atoms with Crippen LogP contribution in [0.3, 0.4) is 0 Å². The number of nitrogens with one attached hydrogen (secondary N) is 1. The molecule has 0 radical (unpaired) electrons. The van der Waals surface area contributed by atoms with Gasteiger partial charge >= 0.3 is 0 Å². The molecule has 1 atom stereocenters. The number of aryl methyl sites for hydroxylation is 3. The number of pyridine rings is 1. The normalized spacial score (nSPS) is 11.9. The van der Waals surface area contributed by atoms with Crippen molar-refractivity contribution >= 4 is 27.5 Å². The quantitative estimate of drug-likeness (QED) is 0.859. The lowest BCUT2D eigenvalue weighted by molar-refractivity contribution is -0.122. The molecule has 0 fully saturated rings. The molecule has 1 amide bonds. The molecule has 1 unspecified atom stereocenters. The molecular weight excluding hydrogens is 363 g/mol. The van der Waals surface area contributed by atoms with Crippen molar-refractivity contribution in [2.24, 2.45) is 0 Å². The van der Waals surface area contributed by atoms with E-state index in [4.69, 9.17) is 4.74 Å². The lowest BCUT2D eigenvalue weighted by Gasteiger charge is -2.17. The summed E-state index contributed by atoms with van der Waals surface area (Å²) in [5, 5.41) is 2.84. The fraction of sp³-hybridized carbons (Fsp3) is 0.294. The van der Waals surface area contributed by atoms with Gasteiger partial charge in [-0.1, -0.05) is 0 Å². The number of hydrogen-bond donors (Lipinski definition) is 1. The van der Waals surface area contributed by atoms with E-state index in [0.717, 1.165) is 17.0 Å². The summed E-state index contributed by atoms with van der Waals surface area (Å²) < 4.78 is 19.1. The first-order chi connectivity index (χ1) is 10.8. The Labute approximate surface area is 143 Å². The number of halogens is 2. The molecule has 0 spiro atoms. The molecule has 4 nitrogen and oxygen atoms in total. The van der Waals surface area contributed by atoms with Crippen LogP contribution in [0, 0.1) is 26.6 Å². The average Bonchev–Trinajstić information content (AvgIpc) is 2.45. The first kappa shape index (κ1) is 17.4. The zero-order valence-corrected chi connectivity index (χ0v) is 15.0. The lowest BCUT2D eigenvalue weighted by atomic mass is 10.1. The van der Waals surface area contributed by atoms with Crippen molar-refractivity contribution in [3.63, 3.8) is 0 Å². The Bertz CT molecular complexity index is 726. The maximum atomic E-state index is 13.1. The summed E-state index contributed by atoms with van der Waals surface area (Å²) in [6.45, 7) is 7.30. The molecule has 1 N–H and O–H groups in total. The molecule has 0 saturated carbocycles. The zero-order valence-electron chi connectivity index (χ0n) is 13.4. The molecule has 1 heterocycles. The van der Waals surface area contributed by atoms with Gasteiger partial charge in [0, 0.05) is 5.69 Å². The largest absolute Gasteiger partial charge is 0.480 e. The van der Waals surface area contributed by atoms with Crippen LogP contribution in [0.15, 0.2) is 28.7 Å². The van der Waals surface area contributed by atoms with Crippen molar-refractivity contribution < 1.29 is 13.9 Å². The summed E-state index contributed by atoms with van der Waals surface area (Å²) in [5.74, 6) is -0.263. The number of hydrogen-bond acceptors (Lipinski definition) is 3. The van der Waals surface area contributed by atoms with Crippen LogP contribution >= 0.6 is 15.9 Å². The van der Waals surface area contributed by atoms with Gasteiger partial charge in [0.2, 0.25) is 0 Å². The molecule has 0 aliphatic heterocycles. The first-order valence-corrected chi connectivity index (χ1v) is 7.94. The summed E-state index contributed by atoms with van der Waals surface area (Å²) in [7, 11) is 0. The summed E-state index contributed by atoms with van der Waals surface area (Å²) >= 11 is 3.22. The monoisotopic (exact) mass is 380 g/mol. The number of aromatic nitrogens is 1. The van der Waals surface area contributed by atoms with E-state index in [1.165, 1.54) is 18.2 Å². The van der Waals surface area contributed by atoms with Crippen molar-refractivity contribution in [1.82, 2.24) is 4.98 Å². The van der Waals surface area contributed by atoms with Gasteiger partial charge < -0.3 is 10.1 Å². The average molecular weight is 381 g/mol. The standard InChI is InChI=1S/C17H18BrFN2O2/c1-9-7-10(2)20-11(3)16(9)21-17(22)12(4)23-15-6-5-13(19)8-14(15)18/h5-8,12H,1-4H3,(H,21,22). The Balaban J connectivity index is 2.11. The van der Waals surface area contributed by atoms with E-state index in [-0.39, 0.29) is 11.7 Å². The van der Waals surface area contributed by atoms with Crippen molar-refractivity contribution in [3.8, 4) is 5.75 Å². The van der Waals surface area contributed by atoms with Crippen LogP contribution in [0.1, 0.15) is 23.9 Å². The fourth-order valence-electron chi connectivity index (χ4n) is 2.25. The van der Waals surface area contributed by atoms with Gasteiger partial charge in [0.25, 0.3) is 5.91 Å². The number of carbonyl (C=O) groups excluding carboxylic acids is 1. The molecule has 0 aliphatic rings. The van der Waals surface area contributed by atoms with Crippen LogP contribution in [0.2, 0.25) is 0 Å². The highest BCUT2D eigenvalue weighted by Crippen LogP contribution is 2.27. The highest BCUT2D eigenvalue weighted by atomic mass is 79.9. The van der Waals surface area contributed by atoms with Gasteiger partial charge in [-0.2, -0.15) is 0 Å². The van der Waals surface area contributed by atoms with Gasteiger partial charge in [-0.3, -0.25) is 9.78 Å². The minimum atomic E-state index is -0.739. The second-order valence-corrected chi connectivity index (χ2v) is 6.22. The first-order valence-electron chi connectivity index (χ1n) is 7.15. The third-order valence-corrected chi connectivity index (χ3v) is 3.96. The molecule has 1 aromatic heterocycles. The summed E-state index contributed by atoms with van der Waals surface area (Å²) in [6.07, 6.45) is -0.739. The number of nitrogens with zero attached hydrogens (tertiary/aromatic N) is 1. The molecule has 1 aromatic carbocycles. The predicted molar refractivity (Wildman–Crippen MR) is 91.3 cm³/mol. The molecule has 2 aromatic rings. The van der Waals surface area contributed by atoms with E-state index in [1.807, 2.05) is 26.8 Å². The number of rotatable bonds is 4. The SMILES string of the molecule is Cc1cc(C)c(NC(=O)C(C)Oc2ccc(F)cc2Br)c(C)n1. The summed E-state index contributed by atoms with van der Waals surface area (Å²) in [4.78, 5) is 16.7. The molecule has 122 valence electrons. The molecule has 2 rings (SSSR count). The maximum absolute atomic E-state index is 13.1. The number of carbonyl (C=O) groups is 1. The van der Waals surface area contributed by atoms with E-state index in [2.05, 4.69) is 26.2 Å². The Hall–Kier alpha value is -1.95. The van der Waals surface area contributed by atoms with Crippen LogP contribution in [-0.2, 0) is 4.79 Å². The number of benzene rings is 1. The molecule has 0 bridgehead atoms. The molecule has 23 heavy (non-hydrogen) atoms. The Morgan fingerprint density at radius 2 is 2.00 bits per heavy atom. The third-order valence-electron chi connectivity index (χ3n) is 3.34. The molecular formula is C17H18BrFN2O2. The molecule has 0 saturated heterocycles. The van der Waals surface area contributed by atoms with Crippen LogP contribution < -0.4 is 10.1 Å². The number of ether oxygens (including phenoxy) is 1.